The summed E-state index contributed by atoms with van der Waals surface area (Å²) in [6.45, 7) is 15.4. The van der Waals surface area contributed by atoms with E-state index < -0.39 is 0 Å². The van der Waals surface area contributed by atoms with Gasteiger partial charge in [0.25, 0.3) is 0 Å². The van der Waals surface area contributed by atoms with Gasteiger partial charge >= 0.3 is 6.03 Å². The maximum atomic E-state index is 12.7. The summed E-state index contributed by atoms with van der Waals surface area (Å²) in [4.78, 5) is 20.2. The molecule has 4 rings (SSSR count). The van der Waals surface area contributed by atoms with Gasteiger partial charge in [-0.25, -0.2) is 4.79 Å². The first-order chi connectivity index (χ1) is 16.5. The number of amides is 2. The summed E-state index contributed by atoms with van der Waals surface area (Å²) in [6, 6.07) is 12.8. The van der Waals surface area contributed by atoms with Crippen LogP contribution in [0.3, 0.4) is 0 Å². The first-order valence-corrected chi connectivity index (χ1v) is 12.9. The summed E-state index contributed by atoms with van der Waals surface area (Å²) in [5.41, 5.74) is 7.24. The highest BCUT2D eigenvalue weighted by Gasteiger charge is 2.20. The Morgan fingerprint density at radius 3 is 2.24 bits per heavy atom. The average Bonchev–Trinajstić information content (AvgIpc) is 2.84. The van der Waals surface area contributed by atoms with E-state index in [1.807, 2.05) is 0 Å². The van der Waals surface area contributed by atoms with Gasteiger partial charge in [0.15, 0.2) is 0 Å². The molecule has 34 heavy (non-hydrogen) atoms. The van der Waals surface area contributed by atoms with Crippen LogP contribution in [0.1, 0.15) is 41.5 Å². The largest absolute Gasteiger partial charge is 0.371 e. The van der Waals surface area contributed by atoms with Crippen molar-refractivity contribution in [3.63, 3.8) is 0 Å². The van der Waals surface area contributed by atoms with Crippen molar-refractivity contribution in [1.82, 2.24) is 15.1 Å². The summed E-state index contributed by atoms with van der Waals surface area (Å²) in [5, 5.41) is 6.23. The van der Waals surface area contributed by atoms with Gasteiger partial charge in [0.05, 0.1) is 5.69 Å². The molecular weight excluding hydrogens is 422 g/mol. The number of carbonyl (C=O) groups is 1. The monoisotopic (exact) mass is 463 g/mol. The molecule has 2 aromatic rings. The molecule has 2 N–H and O–H groups in total. The van der Waals surface area contributed by atoms with Crippen LogP contribution in [0.4, 0.5) is 16.2 Å². The minimum atomic E-state index is -0.109. The minimum absolute atomic E-state index is 0.109. The number of nitrogens with one attached hydrogen (secondary N) is 2. The van der Waals surface area contributed by atoms with Crippen LogP contribution < -0.4 is 15.5 Å². The molecule has 2 aliphatic rings. The van der Waals surface area contributed by atoms with E-state index in [2.05, 4.69) is 82.5 Å². The number of nitrogens with zero attached hydrogens (tertiary/aromatic N) is 3. The fraction of sp³-hybridized carbons (Fsp3) is 0.536. The lowest BCUT2D eigenvalue weighted by Gasteiger charge is -2.34. The van der Waals surface area contributed by atoms with Gasteiger partial charge in [-0.3, -0.25) is 9.80 Å². The molecule has 0 atom stereocenters. The molecule has 6 nitrogen and oxygen atoms in total. The number of anilines is 2. The summed E-state index contributed by atoms with van der Waals surface area (Å²) >= 11 is 0. The second kappa shape index (κ2) is 11.7. The zero-order valence-electron chi connectivity index (χ0n) is 21.2. The Hall–Kier alpha value is -2.57. The molecular formula is C28H41N5O. The highest BCUT2D eigenvalue weighted by molar-refractivity contribution is 5.92. The maximum absolute atomic E-state index is 12.7. The van der Waals surface area contributed by atoms with Crippen molar-refractivity contribution < 1.29 is 4.79 Å². The number of piperazine rings is 1. The Kier molecular flexibility index (Phi) is 8.46. The molecule has 0 saturated carbocycles. The quantitative estimate of drug-likeness (QED) is 0.633. The second-order valence-electron chi connectivity index (χ2n) is 9.89. The fourth-order valence-corrected chi connectivity index (χ4v) is 5.47. The molecule has 6 heteroatoms. The Morgan fingerprint density at radius 1 is 0.853 bits per heavy atom. The third kappa shape index (κ3) is 6.30. The van der Waals surface area contributed by atoms with Crippen LogP contribution in [0.15, 0.2) is 36.4 Å². The lowest BCUT2D eigenvalue weighted by Crippen LogP contribution is -2.48. The maximum Gasteiger partial charge on any atom is 0.319 e. The van der Waals surface area contributed by atoms with Crippen LogP contribution in [0.25, 0.3) is 0 Å². The first kappa shape index (κ1) is 24.6. The normalized spacial score (nSPS) is 17.6. The zero-order valence-corrected chi connectivity index (χ0v) is 21.2. The number of rotatable bonds is 7. The molecule has 2 saturated heterocycles. The molecule has 0 unspecified atom stereocenters. The lowest BCUT2D eigenvalue weighted by molar-refractivity contribution is 0.128. The highest BCUT2D eigenvalue weighted by Crippen LogP contribution is 2.35. The molecule has 0 radical (unpaired) electrons. The number of hydrogen-bond acceptors (Lipinski definition) is 4. The van der Waals surface area contributed by atoms with E-state index in [9.17, 15) is 4.79 Å². The molecule has 0 aliphatic carbocycles. The first-order valence-electron chi connectivity index (χ1n) is 12.9. The van der Waals surface area contributed by atoms with Gasteiger partial charge in [-0.15, -0.1) is 0 Å². The molecule has 2 amide bonds. The van der Waals surface area contributed by atoms with Crippen molar-refractivity contribution in [2.45, 2.75) is 46.6 Å². The van der Waals surface area contributed by atoms with Crippen molar-refractivity contribution in [2.24, 2.45) is 0 Å². The van der Waals surface area contributed by atoms with Crippen LogP contribution in [-0.4, -0.2) is 68.2 Å². The molecule has 0 aromatic heterocycles. The van der Waals surface area contributed by atoms with Crippen molar-refractivity contribution in [3.05, 3.63) is 58.7 Å². The van der Waals surface area contributed by atoms with Gasteiger partial charge in [0.1, 0.15) is 0 Å². The minimum Gasteiger partial charge on any atom is -0.371 e. The summed E-state index contributed by atoms with van der Waals surface area (Å²) in [5.74, 6) is 0. The van der Waals surface area contributed by atoms with E-state index in [1.165, 1.54) is 41.6 Å². The number of hydrogen-bond donors (Lipinski definition) is 2. The van der Waals surface area contributed by atoms with Crippen molar-refractivity contribution in [1.29, 1.82) is 0 Å². The molecule has 2 aliphatic heterocycles. The van der Waals surface area contributed by atoms with E-state index >= 15 is 0 Å². The van der Waals surface area contributed by atoms with E-state index in [1.54, 1.807) is 0 Å². The predicted octanol–water partition coefficient (Wildman–Crippen LogP) is 4.54. The van der Waals surface area contributed by atoms with E-state index in [4.69, 9.17) is 0 Å². The standard InChI is InChI=1S/C28H41N5O/c1-22-20-23(2)27(33-13-8-5-9-14-33)24(3)26(22)30-28(34)29-12-15-31-16-18-32(19-17-31)21-25-10-6-4-7-11-25/h4,6-7,10-11,20H,5,8-9,12-19,21H2,1-3H3,(H2,29,30,34). The van der Waals surface area contributed by atoms with Gasteiger partial charge in [-0.2, -0.15) is 0 Å². The van der Waals surface area contributed by atoms with Gasteiger partial charge in [-0.05, 0) is 62.3 Å². The summed E-state index contributed by atoms with van der Waals surface area (Å²) < 4.78 is 0. The van der Waals surface area contributed by atoms with E-state index in [-0.39, 0.29) is 6.03 Å². The molecule has 0 spiro atoms. The van der Waals surface area contributed by atoms with Crippen LogP contribution in [-0.2, 0) is 6.54 Å². The van der Waals surface area contributed by atoms with Crippen LogP contribution >= 0.6 is 0 Å². The Morgan fingerprint density at radius 2 is 1.53 bits per heavy atom. The fourth-order valence-electron chi connectivity index (χ4n) is 5.47. The molecule has 2 fully saturated rings. The van der Waals surface area contributed by atoms with Crippen molar-refractivity contribution in [2.75, 3.05) is 62.6 Å². The van der Waals surface area contributed by atoms with Crippen LogP contribution in [0.5, 0.6) is 0 Å². The third-order valence-electron chi connectivity index (χ3n) is 7.27. The Labute approximate surface area is 205 Å². The van der Waals surface area contributed by atoms with Gasteiger partial charge in [0.2, 0.25) is 0 Å². The van der Waals surface area contributed by atoms with Gasteiger partial charge in [-0.1, -0.05) is 36.4 Å². The Balaban J connectivity index is 1.24. The third-order valence-corrected chi connectivity index (χ3v) is 7.27. The number of aryl methyl sites for hydroxylation is 2. The van der Waals surface area contributed by atoms with E-state index in [0.717, 1.165) is 63.6 Å². The Bertz CT molecular complexity index is 947. The number of piperidine rings is 1. The topological polar surface area (TPSA) is 50.9 Å². The van der Waals surface area contributed by atoms with Crippen molar-refractivity contribution in [3.8, 4) is 0 Å². The highest BCUT2D eigenvalue weighted by atomic mass is 16.2. The average molecular weight is 464 g/mol. The predicted molar refractivity (Wildman–Crippen MR) is 142 cm³/mol. The zero-order chi connectivity index (χ0) is 23.9. The number of benzene rings is 2. The van der Waals surface area contributed by atoms with Gasteiger partial charge in [0, 0.05) is 64.6 Å². The smallest absolute Gasteiger partial charge is 0.319 e. The number of urea groups is 1. The second-order valence-corrected chi connectivity index (χ2v) is 9.89. The summed E-state index contributed by atoms with van der Waals surface area (Å²) in [6.07, 6.45) is 3.81. The lowest BCUT2D eigenvalue weighted by atomic mass is 9.99. The van der Waals surface area contributed by atoms with Crippen LogP contribution in [0.2, 0.25) is 0 Å². The van der Waals surface area contributed by atoms with Crippen LogP contribution in [0, 0.1) is 20.8 Å². The van der Waals surface area contributed by atoms with E-state index in [0.29, 0.717) is 6.54 Å². The molecule has 2 heterocycles. The molecule has 184 valence electrons. The SMILES string of the molecule is Cc1cc(C)c(N2CCCCC2)c(C)c1NC(=O)NCCN1CCN(Cc2ccccc2)CC1. The molecule has 2 aromatic carbocycles. The van der Waals surface area contributed by atoms with Crippen molar-refractivity contribution >= 4 is 17.4 Å². The summed E-state index contributed by atoms with van der Waals surface area (Å²) in [7, 11) is 0. The van der Waals surface area contributed by atoms with Gasteiger partial charge < -0.3 is 15.5 Å². The number of carbonyl (C=O) groups excluding carboxylic acids is 1. The molecule has 0 bridgehead atoms.